The fourth-order valence-corrected chi connectivity index (χ4v) is 1.51. The minimum absolute atomic E-state index is 0.398. The Kier molecular flexibility index (Phi) is 1.65. The highest BCUT2D eigenvalue weighted by atomic mass is 79.9. The molecule has 0 amide bonds. The number of nitrogens with zero attached hydrogens (tertiary/aromatic N) is 3. The second-order valence-corrected chi connectivity index (χ2v) is 2.92. The third-order valence-electron chi connectivity index (χ3n) is 1.54. The van der Waals surface area contributed by atoms with Crippen LogP contribution >= 0.6 is 15.9 Å². The van der Waals surface area contributed by atoms with Gasteiger partial charge in [-0.2, -0.15) is 0 Å². The van der Waals surface area contributed by atoms with Gasteiger partial charge < -0.3 is 0 Å². The van der Waals surface area contributed by atoms with Crippen LogP contribution in [0.3, 0.4) is 0 Å². The van der Waals surface area contributed by atoms with E-state index in [2.05, 4.69) is 25.9 Å². The first-order chi connectivity index (χ1) is 5.83. The molecule has 4 nitrogen and oxygen atoms in total. The summed E-state index contributed by atoms with van der Waals surface area (Å²) in [4.78, 5) is 18.4. The summed E-state index contributed by atoms with van der Waals surface area (Å²) >= 11 is 3.22. The molecule has 0 aliphatic carbocycles. The summed E-state index contributed by atoms with van der Waals surface area (Å²) in [7, 11) is 0. The van der Waals surface area contributed by atoms with Gasteiger partial charge in [-0.15, -0.1) is 0 Å². The van der Waals surface area contributed by atoms with Crippen molar-refractivity contribution in [2.24, 2.45) is 0 Å². The minimum Gasteiger partial charge on any atom is -0.296 e. The Hall–Kier alpha value is -1.23. The molecule has 0 atom stereocenters. The fraction of sp³-hybridized carbons (Fsp3) is 0. The number of carbonyl (C=O) groups excluding carboxylic acids is 1. The molecule has 0 N–H and O–H groups in total. The lowest BCUT2D eigenvalue weighted by Crippen LogP contribution is -1.85. The Balaban J connectivity index is 2.91. The zero-order chi connectivity index (χ0) is 8.55. The Morgan fingerprint density at radius 2 is 2.42 bits per heavy atom. The van der Waals surface area contributed by atoms with Crippen molar-refractivity contribution in [3.05, 3.63) is 29.0 Å². The number of hydrogen-bond acceptors (Lipinski definition) is 3. The molecule has 0 unspecified atom stereocenters. The van der Waals surface area contributed by atoms with E-state index < -0.39 is 0 Å². The molecule has 2 aromatic heterocycles. The molecule has 60 valence electrons. The van der Waals surface area contributed by atoms with Crippen LogP contribution in [0.15, 0.2) is 23.3 Å². The maximum atomic E-state index is 10.5. The van der Waals surface area contributed by atoms with Gasteiger partial charge in [-0.25, -0.2) is 4.98 Å². The molecule has 0 aliphatic heterocycles. The first-order valence-corrected chi connectivity index (χ1v) is 4.05. The molecule has 0 aliphatic rings. The molecule has 0 bridgehead atoms. The lowest BCUT2D eigenvalue weighted by Gasteiger charge is -1.90. The summed E-state index contributed by atoms with van der Waals surface area (Å²) in [6.07, 6.45) is 5.68. The first kappa shape index (κ1) is 7.42. The SMILES string of the molecule is O=Cc1nc(Br)n2ccncc12. The molecular weight excluding hydrogens is 222 g/mol. The van der Waals surface area contributed by atoms with Crippen molar-refractivity contribution in [1.82, 2.24) is 14.4 Å². The monoisotopic (exact) mass is 225 g/mol. The van der Waals surface area contributed by atoms with Gasteiger partial charge in [0.15, 0.2) is 11.0 Å². The van der Waals surface area contributed by atoms with Crippen molar-refractivity contribution in [2.75, 3.05) is 0 Å². The van der Waals surface area contributed by atoms with Gasteiger partial charge in [0.1, 0.15) is 5.69 Å². The van der Waals surface area contributed by atoms with Gasteiger partial charge >= 0.3 is 0 Å². The summed E-state index contributed by atoms with van der Waals surface area (Å²) in [5.74, 6) is 0. The van der Waals surface area contributed by atoms with Gasteiger partial charge in [-0.3, -0.25) is 14.2 Å². The highest BCUT2D eigenvalue weighted by Crippen LogP contribution is 2.14. The van der Waals surface area contributed by atoms with E-state index in [1.54, 1.807) is 23.0 Å². The molecule has 0 saturated heterocycles. The van der Waals surface area contributed by atoms with Crippen molar-refractivity contribution in [3.63, 3.8) is 0 Å². The standard InChI is InChI=1S/C7H4BrN3O/c8-7-10-5(4-12)6-3-9-1-2-11(6)7/h1-4H. The highest BCUT2D eigenvalue weighted by molar-refractivity contribution is 9.10. The van der Waals surface area contributed by atoms with Gasteiger partial charge in [0.05, 0.1) is 11.7 Å². The van der Waals surface area contributed by atoms with E-state index in [-0.39, 0.29) is 0 Å². The predicted octanol–water partition coefficient (Wildman–Crippen LogP) is 1.30. The zero-order valence-electron chi connectivity index (χ0n) is 5.94. The van der Waals surface area contributed by atoms with Gasteiger partial charge in [-0.1, -0.05) is 0 Å². The van der Waals surface area contributed by atoms with E-state index in [1.807, 2.05) is 0 Å². The van der Waals surface area contributed by atoms with Crippen LogP contribution in [0, 0.1) is 0 Å². The average Bonchev–Trinajstić information content (AvgIpc) is 2.44. The molecule has 2 heterocycles. The second kappa shape index (κ2) is 2.67. The Morgan fingerprint density at radius 3 is 3.17 bits per heavy atom. The van der Waals surface area contributed by atoms with E-state index in [1.165, 1.54) is 0 Å². The van der Waals surface area contributed by atoms with Crippen LogP contribution in [0.25, 0.3) is 5.52 Å². The summed E-state index contributed by atoms with van der Waals surface area (Å²) in [6.45, 7) is 0. The van der Waals surface area contributed by atoms with Gasteiger partial charge in [0, 0.05) is 12.4 Å². The molecular formula is C7H4BrN3O. The lowest BCUT2D eigenvalue weighted by molar-refractivity contribution is 0.112. The molecule has 0 fully saturated rings. The van der Waals surface area contributed by atoms with Crippen LogP contribution in [-0.4, -0.2) is 20.7 Å². The van der Waals surface area contributed by atoms with E-state index >= 15 is 0 Å². The van der Waals surface area contributed by atoms with Gasteiger partial charge in [0.25, 0.3) is 0 Å². The van der Waals surface area contributed by atoms with Gasteiger partial charge in [-0.05, 0) is 15.9 Å². The third kappa shape index (κ3) is 0.937. The number of aldehydes is 1. The predicted molar refractivity (Wildman–Crippen MR) is 46.1 cm³/mol. The van der Waals surface area contributed by atoms with E-state index in [0.717, 1.165) is 0 Å². The first-order valence-electron chi connectivity index (χ1n) is 3.25. The van der Waals surface area contributed by atoms with E-state index in [4.69, 9.17) is 0 Å². The van der Waals surface area contributed by atoms with Crippen molar-refractivity contribution in [2.45, 2.75) is 0 Å². The van der Waals surface area contributed by atoms with Crippen molar-refractivity contribution >= 4 is 27.7 Å². The smallest absolute Gasteiger partial charge is 0.182 e. The molecule has 0 spiro atoms. The van der Waals surface area contributed by atoms with Crippen LogP contribution in [0.5, 0.6) is 0 Å². The topological polar surface area (TPSA) is 47.3 Å². The van der Waals surface area contributed by atoms with Crippen LogP contribution in [0.2, 0.25) is 0 Å². The summed E-state index contributed by atoms with van der Waals surface area (Å²) < 4.78 is 2.36. The normalized spacial score (nSPS) is 10.4. The summed E-state index contributed by atoms with van der Waals surface area (Å²) in [5.41, 5.74) is 1.11. The van der Waals surface area contributed by atoms with E-state index in [0.29, 0.717) is 22.2 Å². The zero-order valence-corrected chi connectivity index (χ0v) is 7.52. The van der Waals surface area contributed by atoms with Gasteiger partial charge in [0.2, 0.25) is 0 Å². The van der Waals surface area contributed by atoms with Crippen LogP contribution in [0.1, 0.15) is 10.5 Å². The Bertz CT molecular complexity index is 437. The van der Waals surface area contributed by atoms with E-state index in [9.17, 15) is 4.79 Å². The van der Waals surface area contributed by atoms with Crippen molar-refractivity contribution in [1.29, 1.82) is 0 Å². The molecule has 0 saturated carbocycles. The molecule has 0 aromatic carbocycles. The Labute approximate surface area is 76.4 Å². The second-order valence-electron chi connectivity index (χ2n) is 2.22. The number of hydrogen-bond donors (Lipinski definition) is 0. The maximum absolute atomic E-state index is 10.5. The number of carbonyl (C=O) groups is 1. The summed E-state index contributed by atoms with van der Waals surface area (Å²) in [5, 5.41) is 0. The molecule has 12 heavy (non-hydrogen) atoms. The fourth-order valence-electron chi connectivity index (χ4n) is 1.01. The Morgan fingerprint density at radius 1 is 1.58 bits per heavy atom. The van der Waals surface area contributed by atoms with Crippen LogP contribution in [0.4, 0.5) is 0 Å². The average molecular weight is 226 g/mol. The summed E-state index contributed by atoms with van der Waals surface area (Å²) in [6, 6.07) is 0. The lowest BCUT2D eigenvalue weighted by atomic mass is 10.4. The van der Waals surface area contributed by atoms with Crippen molar-refractivity contribution in [3.8, 4) is 0 Å². The highest BCUT2D eigenvalue weighted by Gasteiger charge is 2.06. The van der Waals surface area contributed by atoms with Crippen molar-refractivity contribution < 1.29 is 4.79 Å². The number of aromatic nitrogens is 3. The molecule has 0 radical (unpaired) electrons. The quantitative estimate of drug-likeness (QED) is 0.688. The molecule has 5 heteroatoms. The van der Waals surface area contributed by atoms with Crippen LogP contribution < -0.4 is 0 Å². The number of rotatable bonds is 1. The number of halogens is 1. The molecule has 2 aromatic rings. The largest absolute Gasteiger partial charge is 0.296 e. The third-order valence-corrected chi connectivity index (χ3v) is 2.10. The minimum atomic E-state index is 0.398. The molecule has 2 rings (SSSR count). The maximum Gasteiger partial charge on any atom is 0.182 e. The number of fused-ring (bicyclic) bond motifs is 1. The van der Waals surface area contributed by atoms with Crippen LogP contribution in [-0.2, 0) is 0 Å². The number of imidazole rings is 1.